The van der Waals surface area contributed by atoms with Gasteiger partial charge >= 0.3 is 5.97 Å². The number of H-pyrrole nitrogens is 1. The number of aromatic amines is 1. The van der Waals surface area contributed by atoms with Gasteiger partial charge in [0.25, 0.3) is 0 Å². The van der Waals surface area contributed by atoms with E-state index in [2.05, 4.69) is 32.5 Å². The van der Waals surface area contributed by atoms with Gasteiger partial charge in [0.2, 0.25) is 11.7 Å². The van der Waals surface area contributed by atoms with E-state index in [1.54, 1.807) is 0 Å². The Labute approximate surface area is 221 Å². The quantitative estimate of drug-likeness (QED) is 0.377. The highest BCUT2D eigenvalue weighted by Gasteiger charge is 2.44. The molecule has 1 saturated heterocycles. The molecule has 1 aliphatic heterocycles. The topological polar surface area (TPSA) is 113 Å². The van der Waals surface area contributed by atoms with E-state index in [1.807, 2.05) is 67.3 Å². The first-order chi connectivity index (χ1) is 18.0. The van der Waals surface area contributed by atoms with E-state index in [9.17, 15) is 9.59 Å². The number of carbonyl (C=O) groups is 2. The molecule has 0 spiro atoms. The fourth-order valence-electron chi connectivity index (χ4n) is 4.42. The highest BCUT2D eigenvalue weighted by Crippen LogP contribution is 2.37. The molecule has 2 atom stereocenters. The minimum Gasteiger partial charge on any atom is -0.464 e. The van der Waals surface area contributed by atoms with Crippen LogP contribution < -0.4 is 0 Å². The van der Waals surface area contributed by atoms with Gasteiger partial charge in [-0.3, -0.25) is 4.79 Å². The number of aliphatic imine (C=N–C) groups is 1. The number of aromatic nitrogens is 4. The second-order valence-corrected chi connectivity index (χ2v) is 9.99. The molecule has 2 unspecified atom stereocenters. The number of nitrogens with zero attached hydrogens (tertiary/aromatic N) is 5. The van der Waals surface area contributed by atoms with E-state index < -0.39 is 6.04 Å². The molecule has 2 heterocycles. The van der Waals surface area contributed by atoms with Crippen molar-refractivity contribution in [2.45, 2.75) is 64.3 Å². The zero-order valence-electron chi connectivity index (χ0n) is 21.4. The van der Waals surface area contributed by atoms with E-state index in [4.69, 9.17) is 4.74 Å². The first-order valence-electron chi connectivity index (χ1n) is 12.7. The number of esters is 1. The van der Waals surface area contributed by atoms with Crippen LogP contribution in [0.1, 0.15) is 52.0 Å². The normalized spacial score (nSPS) is 18.4. The van der Waals surface area contributed by atoms with Crippen molar-refractivity contribution in [2.75, 3.05) is 6.61 Å². The van der Waals surface area contributed by atoms with Crippen molar-refractivity contribution in [3.63, 3.8) is 0 Å². The maximum absolute atomic E-state index is 13.0. The lowest BCUT2D eigenvalue weighted by molar-refractivity contribution is -0.148. The summed E-state index contributed by atoms with van der Waals surface area (Å²) in [5, 5.41) is 15.0. The van der Waals surface area contributed by atoms with Crippen LogP contribution in [0.3, 0.4) is 0 Å². The number of hydrogen-bond acceptors (Lipinski definition) is 7. The Hall–Kier alpha value is -3.53. The molecule has 1 N–H and O–H groups in total. The SMILES string of the molecule is CCCC(=O)N=C1SC(CCC)C(C(=O)OCC)N1Cc1ccc(-c2ccccc2-c2nn[nH]n2)cc1. The van der Waals surface area contributed by atoms with E-state index in [0.29, 0.717) is 30.6 Å². The minimum atomic E-state index is -0.489. The third-order valence-electron chi connectivity index (χ3n) is 6.11. The van der Waals surface area contributed by atoms with Crippen LogP contribution in [0.5, 0.6) is 0 Å². The number of thioether (sulfide) groups is 1. The van der Waals surface area contributed by atoms with Crippen LogP contribution in [0.15, 0.2) is 53.5 Å². The Bertz CT molecular complexity index is 1230. The zero-order chi connectivity index (χ0) is 26.2. The van der Waals surface area contributed by atoms with Gasteiger partial charge < -0.3 is 9.64 Å². The molecule has 0 bridgehead atoms. The first-order valence-corrected chi connectivity index (χ1v) is 13.6. The summed E-state index contributed by atoms with van der Waals surface area (Å²) in [5.41, 5.74) is 3.89. The average molecular weight is 521 g/mol. The van der Waals surface area contributed by atoms with Gasteiger partial charge in [0.15, 0.2) is 5.17 Å². The number of hydrogen-bond donors (Lipinski definition) is 1. The molecular formula is C27H32N6O3S. The van der Waals surface area contributed by atoms with Gasteiger partial charge in [-0.1, -0.05) is 80.6 Å². The highest BCUT2D eigenvalue weighted by molar-refractivity contribution is 8.14. The monoisotopic (exact) mass is 520 g/mol. The van der Waals surface area contributed by atoms with Gasteiger partial charge in [0, 0.05) is 23.8 Å². The molecule has 194 valence electrons. The van der Waals surface area contributed by atoms with E-state index in [-0.39, 0.29) is 17.1 Å². The van der Waals surface area contributed by atoms with Crippen LogP contribution in [0.2, 0.25) is 0 Å². The Morgan fingerprint density at radius 2 is 1.81 bits per heavy atom. The second-order valence-electron chi connectivity index (χ2n) is 8.79. The van der Waals surface area contributed by atoms with E-state index in [0.717, 1.165) is 41.5 Å². The van der Waals surface area contributed by atoms with Crippen LogP contribution >= 0.6 is 11.8 Å². The number of tetrazole rings is 1. The summed E-state index contributed by atoms with van der Waals surface area (Å²) in [6.45, 7) is 6.61. The van der Waals surface area contributed by atoms with Crippen molar-refractivity contribution in [3.05, 3.63) is 54.1 Å². The Morgan fingerprint density at radius 1 is 1.05 bits per heavy atom. The second kappa shape index (κ2) is 12.6. The lowest BCUT2D eigenvalue weighted by Gasteiger charge is -2.27. The maximum atomic E-state index is 13.0. The number of amidine groups is 1. The Morgan fingerprint density at radius 3 is 2.46 bits per heavy atom. The summed E-state index contributed by atoms with van der Waals surface area (Å²) >= 11 is 1.51. The maximum Gasteiger partial charge on any atom is 0.330 e. The van der Waals surface area contributed by atoms with Crippen molar-refractivity contribution in [2.24, 2.45) is 4.99 Å². The van der Waals surface area contributed by atoms with Gasteiger partial charge in [-0.25, -0.2) is 4.79 Å². The van der Waals surface area contributed by atoms with Crippen LogP contribution in [0.4, 0.5) is 0 Å². The van der Waals surface area contributed by atoms with Crippen molar-refractivity contribution in [1.29, 1.82) is 0 Å². The number of rotatable bonds is 10. The average Bonchev–Trinajstić information content (AvgIpc) is 3.54. The number of ether oxygens (including phenoxy) is 1. The molecule has 10 heteroatoms. The molecule has 2 aromatic carbocycles. The minimum absolute atomic E-state index is 0.0154. The van der Waals surface area contributed by atoms with E-state index >= 15 is 0 Å². The van der Waals surface area contributed by atoms with Crippen molar-refractivity contribution < 1.29 is 14.3 Å². The van der Waals surface area contributed by atoms with Gasteiger partial charge in [-0.2, -0.15) is 10.2 Å². The van der Waals surface area contributed by atoms with Gasteiger partial charge in [-0.15, -0.1) is 10.2 Å². The number of amides is 1. The summed E-state index contributed by atoms with van der Waals surface area (Å²) < 4.78 is 5.44. The molecule has 0 radical (unpaired) electrons. The highest BCUT2D eigenvalue weighted by atomic mass is 32.2. The van der Waals surface area contributed by atoms with Crippen LogP contribution in [0.25, 0.3) is 22.5 Å². The number of benzene rings is 2. The first kappa shape index (κ1) is 26.5. The summed E-state index contributed by atoms with van der Waals surface area (Å²) in [6.07, 6.45) is 2.87. The molecular weight excluding hydrogens is 488 g/mol. The molecule has 37 heavy (non-hydrogen) atoms. The third-order valence-corrected chi connectivity index (χ3v) is 7.44. The smallest absolute Gasteiger partial charge is 0.330 e. The summed E-state index contributed by atoms with van der Waals surface area (Å²) in [7, 11) is 0. The van der Waals surface area contributed by atoms with Gasteiger partial charge in [0.05, 0.1) is 6.61 Å². The van der Waals surface area contributed by atoms with Crippen LogP contribution in [-0.2, 0) is 20.9 Å². The lowest BCUT2D eigenvalue weighted by atomic mass is 9.98. The predicted octanol–water partition coefficient (Wildman–Crippen LogP) is 4.87. The van der Waals surface area contributed by atoms with Crippen LogP contribution in [0, 0.1) is 0 Å². The largest absolute Gasteiger partial charge is 0.464 e. The summed E-state index contributed by atoms with van der Waals surface area (Å²) in [6, 6.07) is 15.6. The molecule has 1 aliphatic rings. The van der Waals surface area contributed by atoms with E-state index in [1.165, 1.54) is 11.8 Å². The number of nitrogens with one attached hydrogen (secondary N) is 1. The van der Waals surface area contributed by atoms with Gasteiger partial charge in [-0.05, 0) is 41.7 Å². The van der Waals surface area contributed by atoms with Crippen molar-refractivity contribution >= 4 is 28.8 Å². The molecule has 1 amide bonds. The van der Waals surface area contributed by atoms with Crippen LogP contribution in [-0.4, -0.2) is 60.5 Å². The van der Waals surface area contributed by atoms with Crippen molar-refractivity contribution in [3.8, 4) is 22.5 Å². The van der Waals surface area contributed by atoms with Gasteiger partial charge in [0.1, 0.15) is 6.04 Å². The fourth-order valence-corrected chi connectivity index (χ4v) is 5.90. The van der Waals surface area contributed by atoms with Crippen molar-refractivity contribution in [1.82, 2.24) is 25.5 Å². The standard InChI is InChI=1S/C27H32N6O3S/c1-4-9-22-24(26(35)36-6-3)33(27(37-22)28-23(34)10-5-2)17-18-13-15-19(16-14-18)20-11-7-8-12-21(20)25-29-31-32-30-25/h7-8,11-16,22,24H,4-6,9-10,17H2,1-3H3,(H,29,30,31,32). The third kappa shape index (κ3) is 6.25. The molecule has 0 aliphatic carbocycles. The number of carbonyl (C=O) groups excluding carboxylic acids is 2. The fraction of sp³-hybridized carbons (Fsp3) is 0.407. The molecule has 9 nitrogen and oxygen atoms in total. The predicted molar refractivity (Wildman–Crippen MR) is 145 cm³/mol. The molecule has 1 fully saturated rings. The summed E-state index contributed by atoms with van der Waals surface area (Å²) in [4.78, 5) is 31.8. The Kier molecular flexibility index (Phi) is 9.05. The molecule has 4 rings (SSSR count). The lowest BCUT2D eigenvalue weighted by Crippen LogP contribution is -2.44. The molecule has 0 saturated carbocycles. The zero-order valence-corrected chi connectivity index (χ0v) is 22.2. The molecule has 3 aromatic rings. The Balaban J connectivity index is 1.63. The molecule has 1 aromatic heterocycles. The summed E-state index contributed by atoms with van der Waals surface area (Å²) in [5.74, 6) is 0.0982.